The summed E-state index contributed by atoms with van der Waals surface area (Å²) in [5, 5.41) is 3.42. The molecule has 152 valence electrons. The summed E-state index contributed by atoms with van der Waals surface area (Å²) in [6.45, 7) is 5.12. The highest BCUT2D eigenvalue weighted by atomic mass is 32.2. The van der Waals surface area contributed by atoms with Crippen LogP contribution in [-0.2, 0) is 33.6 Å². The molecule has 2 aromatic carbocycles. The van der Waals surface area contributed by atoms with Crippen molar-refractivity contribution in [3.8, 4) is 5.75 Å². The number of hydrogen-bond acceptors (Lipinski definition) is 5. The van der Waals surface area contributed by atoms with Gasteiger partial charge in [0.05, 0.1) is 26.1 Å². The normalized spacial score (nSPS) is 15.5. The van der Waals surface area contributed by atoms with Crippen LogP contribution in [-0.4, -0.2) is 46.1 Å². The Hall–Kier alpha value is -1.93. The van der Waals surface area contributed by atoms with Crippen LogP contribution in [0.2, 0.25) is 0 Å². The maximum atomic E-state index is 12.7. The minimum Gasteiger partial charge on any atom is -0.496 e. The first-order valence-electron chi connectivity index (χ1n) is 9.46. The predicted molar refractivity (Wildman–Crippen MR) is 110 cm³/mol. The molecule has 6 nitrogen and oxygen atoms in total. The zero-order chi connectivity index (χ0) is 20.0. The van der Waals surface area contributed by atoms with E-state index in [9.17, 15) is 8.42 Å². The molecule has 0 spiro atoms. The molecule has 0 radical (unpaired) electrons. The molecule has 3 rings (SSSR count). The summed E-state index contributed by atoms with van der Waals surface area (Å²) in [7, 11) is -1.67. The number of aryl methyl sites for hydroxylation is 1. The van der Waals surface area contributed by atoms with Gasteiger partial charge in [-0.25, -0.2) is 8.42 Å². The van der Waals surface area contributed by atoms with Crippen LogP contribution in [0.1, 0.15) is 22.3 Å². The van der Waals surface area contributed by atoms with E-state index < -0.39 is 10.0 Å². The lowest BCUT2D eigenvalue weighted by Gasteiger charge is -2.26. The van der Waals surface area contributed by atoms with E-state index in [0.717, 1.165) is 28.0 Å². The van der Waals surface area contributed by atoms with Gasteiger partial charge < -0.3 is 14.8 Å². The molecular weight excluding hydrogens is 376 g/mol. The fourth-order valence-electron chi connectivity index (χ4n) is 3.38. The Morgan fingerprint density at radius 3 is 2.46 bits per heavy atom. The second-order valence-electron chi connectivity index (χ2n) is 6.94. The van der Waals surface area contributed by atoms with E-state index in [0.29, 0.717) is 39.4 Å². The van der Waals surface area contributed by atoms with Gasteiger partial charge in [0.25, 0.3) is 0 Å². The highest BCUT2D eigenvalue weighted by molar-refractivity contribution is 7.88. The molecule has 2 aromatic rings. The Kier molecular flexibility index (Phi) is 7.07. The van der Waals surface area contributed by atoms with E-state index in [4.69, 9.17) is 9.47 Å². The van der Waals surface area contributed by atoms with Crippen LogP contribution in [0.5, 0.6) is 5.75 Å². The molecule has 0 aliphatic carbocycles. The fraction of sp³-hybridized carbons (Fsp3) is 0.429. The molecule has 1 N–H and O–H groups in total. The third-order valence-corrected chi connectivity index (χ3v) is 6.75. The van der Waals surface area contributed by atoms with E-state index in [2.05, 4.69) is 11.4 Å². The summed E-state index contributed by atoms with van der Waals surface area (Å²) in [6, 6.07) is 13.8. The lowest BCUT2D eigenvalue weighted by Crippen LogP contribution is -2.41. The Morgan fingerprint density at radius 1 is 1.07 bits per heavy atom. The van der Waals surface area contributed by atoms with Gasteiger partial charge in [-0.1, -0.05) is 36.4 Å². The first kappa shape index (κ1) is 20.8. The molecule has 0 atom stereocenters. The molecular formula is C21H28N2O4S. The van der Waals surface area contributed by atoms with E-state index in [1.54, 1.807) is 7.11 Å². The van der Waals surface area contributed by atoms with Crippen LogP contribution in [0.15, 0.2) is 42.5 Å². The van der Waals surface area contributed by atoms with Crippen LogP contribution in [0, 0.1) is 6.92 Å². The molecule has 1 heterocycles. The first-order valence-corrected chi connectivity index (χ1v) is 11.1. The molecule has 1 aliphatic heterocycles. The third kappa shape index (κ3) is 5.32. The molecule has 28 heavy (non-hydrogen) atoms. The summed E-state index contributed by atoms with van der Waals surface area (Å²) in [5.74, 6) is 0.898. The maximum absolute atomic E-state index is 12.7. The summed E-state index contributed by atoms with van der Waals surface area (Å²) < 4.78 is 37.6. The highest BCUT2D eigenvalue weighted by Crippen LogP contribution is 2.19. The monoisotopic (exact) mass is 404 g/mol. The minimum absolute atomic E-state index is 0.0203. The zero-order valence-corrected chi connectivity index (χ0v) is 17.3. The van der Waals surface area contributed by atoms with Crippen molar-refractivity contribution < 1.29 is 17.9 Å². The SMILES string of the molecule is COc1ccc(CNCc2ccccc2CS(=O)(=O)N2CCOCC2)cc1C. The first-order chi connectivity index (χ1) is 13.5. The average molecular weight is 405 g/mol. The quantitative estimate of drug-likeness (QED) is 0.732. The number of ether oxygens (including phenoxy) is 2. The van der Waals surface area contributed by atoms with E-state index >= 15 is 0 Å². The van der Waals surface area contributed by atoms with Crippen LogP contribution >= 0.6 is 0 Å². The molecule has 0 amide bonds. The molecule has 0 saturated carbocycles. The Morgan fingerprint density at radius 2 is 1.79 bits per heavy atom. The van der Waals surface area contributed by atoms with Crippen LogP contribution in [0.4, 0.5) is 0 Å². The number of morpholine rings is 1. The largest absolute Gasteiger partial charge is 0.496 e. The molecule has 1 aliphatic rings. The van der Waals surface area contributed by atoms with E-state index in [-0.39, 0.29) is 5.75 Å². The van der Waals surface area contributed by atoms with Crippen molar-refractivity contribution in [1.82, 2.24) is 9.62 Å². The number of nitrogens with one attached hydrogen (secondary N) is 1. The summed E-state index contributed by atoms with van der Waals surface area (Å²) >= 11 is 0. The Bertz CT molecular complexity index is 893. The third-order valence-electron chi connectivity index (χ3n) is 4.92. The van der Waals surface area contributed by atoms with Crippen molar-refractivity contribution in [2.45, 2.75) is 25.8 Å². The molecule has 1 saturated heterocycles. The van der Waals surface area contributed by atoms with Gasteiger partial charge in [0.2, 0.25) is 10.0 Å². The number of sulfonamides is 1. The van der Waals surface area contributed by atoms with Crippen molar-refractivity contribution in [1.29, 1.82) is 0 Å². The second kappa shape index (κ2) is 9.52. The predicted octanol–water partition coefficient (Wildman–Crippen LogP) is 2.46. The van der Waals surface area contributed by atoms with Gasteiger partial charge in [-0.15, -0.1) is 0 Å². The van der Waals surface area contributed by atoms with Crippen LogP contribution in [0.25, 0.3) is 0 Å². The zero-order valence-electron chi connectivity index (χ0n) is 16.5. The summed E-state index contributed by atoms with van der Waals surface area (Å²) in [4.78, 5) is 0. The van der Waals surface area contributed by atoms with Gasteiger partial charge in [0.1, 0.15) is 5.75 Å². The van der Waals surface area contributed by atoms with Crippen molar-refractivity contribution in [3.63, 3.8) is 0 Å². The van der Waals surface area contributed by atoms with Crippen molar-refractivity contribution >= 4 is 10.0 Å². The molecule has 0 unspecified atom stereocenters. The van der Waals surface area contributed by atoms with Gasteiger partial charge in [0.15, 0.2) is 0 Å². The second-order valence-corrected chi connectivity index (χ2v) is 8.91. The number of nitrogens with zero attached hydrogens (tertiary/aromatic N) is 1. The Labute approximate surface area is 167 Å². The molecule has 0 bridgehead atoms. The molecule has 0 aromatic heterocycles. The van der Waals surface area contributed by atoms with Crippen LogP contribution in [0.3, 0.4) is 0 Å². The number of hydrogen-bond donors (Lipinski definition) is 1. The Balaban J connectivity index is 1.63. The molecule has 1 fully saturated rings. The van der Waals surface area contributed by atoms with Crippen molar-refractivity contribution in [2.24, 2.45) is 0 Å². The van der Waals surface area contributed by atoms with Crippen LogP contribution < -0.4 is 10.1 Å². The molecule has 7 heteroatoms. The topological polar surface area (TPSA) is 67.9 Å². The van der Waals surface area contributed by atoms with Crippen molar-refractivity contribution in [2.75, 3.05) is 33.4 Å². The fourth-order valence-corrected chi connectivity index (χ4v) is 4.94. The summed E-state index contributed by atoms with van der Waals surface area (Å²) in [5.41, 5.74) is 4.10. The van der Waals surface area contributed by atoms with Gasteiger partial charge in [0, 0.05) is 26.2 Å². The summed E-state index contributed by atoms with van der Waals surface area (Å²) in [6.07, 6.45) is 0. The van der Waals surface area contributed by atoms with Gasteiger partial charge in [-0.05, 0) is 35.2 Å². The van der Waals surface area contributed by atoms with E-state index in [1.807, 2.05) is 43.3 Å². The number of rotatable bonds is 8. The lowest BCUT2D eigenvalue weighted by atomic mass is 10.1. The highest BCUT2D eigenvalue weighted by Gasteiger charge is 2.25. The minimum atomic E-state index is -3.34. The van der Waals surface area contributed by atoms with Gasteiger partial charge >= 0.3 is 0 Å². The smallest absolute Gasteiger partial charge is 0.218 e. The number of benzene rings is 2. The van der Waals surface area contributed by atoms with Gasteiger partial charge in [-0.3, -0.25) is 0 Å². The van der Waals surface area contributed by atoms with E-state index in [1.165, 1.54) is 4.31 Å². The van der Waals surface area contributed by atoms with Gasteiger partial charge in [-0.2, -0.15) is 4.31 Å². The standard InChI is InChI=1S/C21H28N2O4S/c1-17-13-18(7-8-21(17)26-2)14-22-15-19-5-3-4-6-20(19)16-28(24,25)23-9-11-27-12-10-23/h3-8,13,22H,9-12,14-16H2,1-2H3. The average Bonchev–Trinajstić information content (AvgIpc) is 2.70. The maximum Gasteiger partial charge on any atom is 0.218 e. The van der Waals surface area contributed by atoms with Crippen molar-refractivity contribution in [3.05, 3.63) is 64.7 Å². The number of methoxy groups -OCH3 is 1. The lowest BCUT2D eigenvalue weighted by molar-refractivity contribution is 0.0729.